The SMILES string of the molecule is CCN(CC1CCC1)c1nc(NC)nc(C)c1[N+](=O)[O-]. The van der Waals surface area contributed by atoms with Crippen LogP contribution in [0.1, 0.15) is 31.9 Å². The van der Waals surface area contributed by atoms with E-state index in [4.69, 9.17) is 0 Å². The van der Waals surface area contributed by atoms with E-state index in [1.807, 2.05) is 11.8 Å². The number of hydrogen-bond acceptors (Lipinski definition) is 6. The molecule has 20 heavy (non-hydrogen) atoms. The lowest BCUT2D eigenvalue weighted by Gasteiger charge is -2.32. The number of nitrogens with one attached hydrogen (secondary N) is 1. The lowest BCUT2D eigenvalue weighted by molar-refractivity contribution is -0.385. The van der Waals surface area contributed by atoms with E-state index in [0.29, 0.717) is 29.9 Å². The molecule has 1 heterocycles. The molecule has 0 aromatic carbocycles. The summed E-state index contributed by atoms with van der Waals surface area (Å²) in [7, 11) is 1.71. The Morgan fingerprint density at radius 1 is 1.45 bits per heavy atom. The van der Waals surface area contributed by atoms with Crippen molar-refractivity contribution in [3.8, 4) is 0 Å². The molecule has 0 aliphatic heterocycles. The van der Waals surface area contributed by atoms with Gasteiger partial charge in [-0.3, -0.25) is 10.1 Å². The number of rotatable bonds is 6. The highest BCUT2D eigenvalue weighted by atomic mass is 16.6. The second-order valence-corrected chi connectivity index (χ2v) is 5.15. The second kappa shape index (κ2) is 6.02. The van der Waals surface area contributed by atoms with Crippen molar-refractivity contribution in [3.05, 3.63) is 15.8 Å². The number of anilines is 2. The zero-order valence-electron chi connectivity index (χ0n) is 12.2. The summed E-state index contributed by atoms with van der Waals surface area (Å²) in [5.41, 5.74) is 0.418. The van der Waals surface area contributed by atoms with Gasteiger partial charge in [-0.05, 0) is 32.6 Å². The van der Waals surface area contributed by atoms with Crippen LogP contribution < -0.4 is 10.2 Å². The van der Waals surface area contributed by atoms with Gasteiger partial charge >= 0.3 is 5.69 Å². The lowest BCUT2D eigenvalue weighted by atomic mass is 9.85. The predicted octanol–water partition coefficient (Wildman–Crippen LogP) is 2.36. The molecule has 0 bridgehead atoms. The van der Waals surface area contributed by atoms with E-state index < -0.39 is 0 Å². The fourth-order valence-corrected chi connectivity index (χ4v) is 2.45. The van der Waals surface area contributed by atoms with Crippen molar-refractivity contribution in [2.45, 2.75) is 33.1 Å². The molecule has 1 fully saturated rings. The summed E-state index contributed by atoms with van der Waals surface area (Å²) in [6.45, 7) is 5.19. The van der Waals surface area contributed by atoms with Crippen LogP contribution in [0.4, 0.5) is 17.5 Å². The van der Waals surface area contributed by atoms with E-state index in [1.165, 1.54) is 19.3 Å². The fraction of sp³-hybridized carbons (Fsp3) is 0.692. The van der Waals surface area contributed by atoms with Crippen LogP contribution in [0.2, 0.25) is 0 Å². The van der Waals surface area contributed by atoms with Gasteiger partial charge in [-0.15, -0.1) is 0 Å². The molecule has 1 aromatic heterocycles. The quantitative estimate of drug-likeness (QED) is 0.635. The van der Waals surface area contributed by atoms with Gasteiger partial charge < -0.3 is 10.2 Å². The van der Waals surface area contributed by atoms with E-state index in [0.717, 1.165) is 6.54 Å². The van der Waals surface area contributed by atoms with Gasteiger partial charge in [0.25, 0.3) is 0 Å². The molecule has 0 unspecified atom stereocenters. The van der Waals surface area contributed by atoms with Crippen LogP contribution in [0.3, 0.4) is 0 Å². The molecule has 7 nitrogen and oxygen atoms in total. The summed E-state index contributed by atoms with van der Waals surface area (Å²) in [6, 6.07) is 0. The molecule has 110 valence electrons. The highest BCUT2D eigenvalue weighted by molar-refractivity contribution is 5.62. The van der Waals surface area contributed by atoms with E-state index in [9.17, 15) is 10.1 Å². The monoisotopic (exact) mass is 279 g/mol. The van der Waals surface area contributed by atoms with Crippen LogP contribution in [0.5, 0.6) is 0 Å². The summed E-state index contributed by atoms with van der Waals surface area (Å²) in [5.74, 6) is 1.49. The van der Waals surface area contributed by atoms with Crippen LogP contribution >= 0.6 is 0 Å². The molecule has 1 saturated carbocycles. The predicted molar refractivity (Wildman–Crippen MR) is 78.2 cm³/mol. The topological polar surface area (TPSA) is 84.2 Å². The minimum absolute atomic E-state index is 0.0187. The molecule has 1 N–H and O–H groups in total. The van der Waals surface area contributed by atoms with E-state index in [-0.39, 0.29) is 10.6 Å². The highest BCUT2D eigenvalue weighted by Crippen LogP contribution is 2.33. The average molecular weight is 279 g/mol. The summed E-state index contributed by atoms with van der Waals surface area (Å²) in [6.07, 6.45) is 3.66. The van der Waals surface area contributed by atoms with Crippen LogP contribution in [-0.4, -0.2) is 35.0 Å². The van der Waals surface area contributed by atoms with E-state index in [1.54, 1.807) is 14.0 Å². The van der Waals surface area contributed by atoms with E-state index >= 15 is 0 Å². The summed E-state index contributed by atoms with van der Waals surface area (Å²) in [5, 5.41) is 14.2. The molecule has 0 amide bonds. The van der Waals surface area contributed by atoms with Gasteiger partial charge in [0.1, 0.15) is 5.69 Å². The van der Waals surface area contributed by atoms with Gasteiger partial charge in [0.2, 0.25) is 11.8 Å². The summed E-state index contributed by atoms with van der Waals surface area (Å²) >= 11 is 0. The van der Waals surface area contributed by atoms with Crippen LogP contribution in [0, 0.1) is 23.0 Å². The maximum absolute atomic E-state index is 11.3. The van der Waals surface area contributed by atoms with Gasteiger partial charge in [0, 0.05) is 20.1 Å². The van der Waals surface area contributed by atoms with Gasteiger partial charge in [-0.25, -0.2) is 4.98 Å². The maximum atomic E-state index is 11.3. The van der Waals surface area contributed by atoms with Gasteiger partial charge in [-0.2, -0.15) is 4.98 Å². The molecular formula is C13H21N5O2. The zero-order valence-corrected chi connectivity index (χ0v) is 12.2. The molecule has 0 saturated heterocycles. The van der Waals surface area contributed by atoms with Crippen molar-refractivity contribution in [2.24, 2.45) is 5.92 Å². The summed E-state index contributed by atoms with van der Waals surface area (Å²) < 4.78 is 0. The average Bonchev–Trinajstić information content (AvgIpc) is 2.36. The van der Waals surface area contributed by atoms with E-state index in [2.05, 4.69) is 15.3 Å². The van der Waals surface area contributed by atoms with Crippen molar-refractivity contribution in [3.63, 3.8) is 0 Å². The van der Waals surface area contributed by atoms with Crippen molar-refractivity contribution < 1.29 is 4.92 Å². The third kappa shape index (κ3) is 2.81. The number of aryl methyl sites for hydroxylation is 1. The molecule has 1 aliphatic carbocycles. The van der Waals surface area contributed by atoms with Crippen LogP contribution in [0.25, 0.3) is 0 Å². The minimum Gasteiger partial charge on any atom is -0.357 e. The van der Waals surface area contributed by atoms with Crippen molar-refractivity contribution >= 4 is 17.5 Å². The minimum atomic E-state index is -0.381. The van der Waals surface area contributed by atoms with Gasteiger partial charge in [0.15, 0.2) is 0 Å². The Morgan fingerprint density at radius 2 is 2.15 bits per heavy atom. The Balaban J connectivity index is 2.39. The number of nitrogens with zero attached hydrogens (tertiary/aromatic N) is 4. The maximum Gasteiger partial charge on any atom is 0.332 e. The summed E-state index contributed by atoms with van der Waals surface area (Å²) in [4.78, 5) is 21.4. The Kier molecular flexibility index (Phi) is 4.36. The first-order valence-corrected chi connectivity index (χ1v) is 7.02. The largest absolute Gasteiger partial charge is 0.357 e. The van der Waals surface area contributed by atoms with Crippen molar-refractivity contribution in [1.82, 2.24) is 9.97 Å². The Labute approximate surface area is 118 Å². The lowest BCUT2D eigenvalue weighted by Crippen LogP contribution is -2.33. The molecule has 0 radical (unpaired) electrons. The Morgan fingerprint density at radius 3 is 2.60 bits per heavy atom. The number of nitro groups is 1. The normalized spacial score (nSPS) is 14.8. The Hall–Kier alpha value is -1.92. The first kappa shape index (κ1) is 14.5. The number of aromatic nitrogens is 2. The number of hydrogen-bond donors (Lipinski definition) is 1. The molecule has 1 aromatic rings. The second-order valence-electron chi connectivity index (χ2n) is 5.15. The smallest absolute Gasteiger partial charge is 0.332 e. The fourth-order valence-electron chi connectivity index (χ4n) is 2.45. The Bertz CT molecular complexity index is 502. The molecule has 0 atom stereocenters. The highest BCUT2D eigenvalue weighted by Gasteiger charge is 2.28. The van der Waals surface area contributed by atoms with Gasteiger partial charge in [-0.1, -0.05) is 6.42 Å². The third-order valence-corrected chi connectivity index (χ3v) is 3.83. The van der Waals surface area contributed by atoms with Crippen molar-refractivity contribution in [1.29, 1.82) is 0 Å². The third-order valence-electron chi connectivity index (χ3n) is 3.83. The first-order valence-electron chi connectivity index (χ1n) is 7.02. The van der Waals surface area contributed by atoms with Crippen molar-refractivity contribution in [2.75, 3.05) is 30.4 Å². The molecule has 0 spiro atoms. The molecule has 2 rings (SSSR count). The molecule has 7 heteroatoms. The van der Waals surface area contributed by atoms with Crippen LogP contribution in [0.15, 0.2) is 0 Å². The van der Waals surface area contributed by atoms with Gasteiger partial charge in [0.05, 0.1) is 4.92 Å². The van der Waals surface area contributed by atoms with Crippen LogP contribution in [-0.2, 0) is 0 Å². The standard InChI is InChI=1S/C13H21N5O2/c1-4-17(8-10-6-5-7-10)12-11(18(19)20)9(2)15-13(14-3)16-12/h10H,4-8H2,1-3H3,(H,14,15,16). The zero-order chi connectivity index (χ0) is 14.7. The molecular weight excluding hydrogens is 258 g/mol. The first-order chi connectivity index (χ1) is 9.56. The molecule has 1 aliphatic rings.